The van der Waals surface area contributed by atoms with E-state index in [4.69, 9.17) is 23.2 Å². The van der Waals surface area contributed by atoms with Gasteiger partial charge in [0.1, 0.15) is 17.3 Å². The van der Waals surface area contributed by atoms with Gasteiger partial charge < -0.3 is 4.84 Å². The van der Waals surface area contributed by atoms with E-state index in [0.717, 1.165) is 6.21 Å². The number of nitrogens with zero attached hydrogens (tertiary/aromatic N) is 1. The number of hydrogen-bond acceptors (Lipinski definition) is 3. The molecule has 0 fully saturated rings. The molecule has 0 amide bonds. The van der Waals surface area contributed by atoms with Gasteiger partial charge in [0.25, 0.3) is 0 Å². The van der Waals surface area contributed by atoms with Crippen LogP contribution < -0.4 is 0 Å². The Morgan fingerprint density at radius 3 is 2.80 bits per heavy atom. The molecule has 10 heavy (non-hydrogen) atoms. The maximum Gasteiger partial charge on any atom is 0.164 e. The van der Waals surface area contributed by atoms with E-state index in [1.165, 1.54) is 6.08 Å². The summed E-state index contributed by atoms with van der Waals surface area (Å²) >= 11 is 10.4. The van der Waals surface area contributed by atoms with E-state index in [-0.39, 0.29) is 11.1 Å². The molecule has 0 heterocycles. The second-order valence-electron chi connectivity index (χ2n) is 1.18. The molecule has 0 aromatic rings. The third kappa shape index (κ3) is 7.46. The third-order valence-electron chi connectivity index (χ3n) is 0.508. The fourth-order valence-electron chi connectivity index (χ4n) is 0.211. The van der Waals surface area contributed by atoms with Gasteiger partial charge in [-0.05, 0) is 6.08 Å². The van der Waals surface area contributed by atoms with Crippen LogP contribution in [0.25, 0.3) is 0 Å². The summed E-state index contributed by atoms with van der Waals surface area (Å²) < 4.78 is 0.112. The third-order valence-corrected chi connectivity index (χ3v) is 0.817. The van der Waals surface area contributed by atoms with Crippen LogP contribution in [0.15, 0.2) is 15.7 Å². The van der Waals surface area contributed by atoms with Crippen molar-refractivity contribution in [2.75, 3.05) is 6.61 Å². The predicted molar refractivity (Wildman–Crippen MR) is 40.3 cm³/mol. The van der Waals surface area contributed by atoms with Gasteiger partial charge in [-0.1, -0.05) is 28.4 Å². The molecule has 0 aromatic heterocycles. The average Bonchev–Trinajstić information content (AvgIpc) is 1.87. The zero-order valence-electron chi connectivity index (χ0n) is 4.96. The fraction of sp³-hybridized carbons (Fsp3) is 0.200. The Labute approximate surface area is 68.2 Å². The molecular weight excluding hydrogens is 177 g/mol. The molecule has 0 N–H and O–H groups in total. The van der Waals surface area contributed by atoms with Crippen LogP contribution in [-0.2, 0) is 9.63 Å². The normalized spacial score (nSPS) is 9.40. The number of hydrogen-bond donors (Lipinski definition) is 0. The van der Waals surface area contributed by atoms with Gasteiger partial charge in [-0.15, -0.1) is 0 Å². The number of carbonyl (C=O) groups excluding carboxylic acids is 1. The average molecular weight is 182 g/mol. The molecular formula is C5H5Cl2NO2. The first-order valence-corrected chi connectivity index (χ1v) is 3.13. The minimum atomic E-state index is 0.112. The Hall–Kier alpha value is -0.540. The molecule has 0 saturated carbocycles. The second-order valence-corrected chi connectivity index (χ2v) is 2.19. The van der Waals surface area contributed by atoms with Crippen LogP contribution in [0.2, 0.25) is 0 Å². The lowest BCUT2D eigenvalue weighted by molar-refractivity contribution is -0.102. The van der Waals surface area contributed by atoms with E-state index in [1.807, 2.05) is 0 Å². The minimum Gasteiger partial charge on any atom is -0.391 e. The summed E-state index contributed by atoms with van der Waals surface area (Å²) in [6, 6.07) is 0. The lowest BCUT2D eigenvalue weighted by atomic mass is 10.7. The smallest absolute Gasteiger partial charge is 0.164 e. The quantitative estimate of drug-likeness (QED) is 0.286. The van der Waals surface area contributed by atoms with Crippen LogP contribution >= 0.6 is 23.2 Å². The van der Waals surface area contributed by atoms with Crippen LogP contribution in [0.3, 0.4) is 0 Å². The summed E-state index contributed by atoms with van der Waals surface area (Å²) in [4.78, 5) is 14.1. The van der Waals surface area contributed by atoms with Crippen molar-refractivity contribution in [3.63, 3.8) is 0 Å². The van der Waals surface area contributed by atoms with E-state index in [0.29, 0.717) is 6.29 Å². The molecule has 56 valence electrons. The predicted octanol–water partition coefficient (Wildman–Crippen LogP) is 1.51. The topological polar surface area (TPSA) is 38.7 Å². The number of carbonyl (C=O) groups is 1. The maximum atomic E-state index is 9.61. The van der Waals surface area contributed by atoms with Crippen molar-refractivity contribution in [2.24, 2.45) is 5.16 Å². The van der Waals surface area contributed by atoms with Gasteiger partial charge in [-0.3, -0.25) is 4.79 Å². The van der Waals surface area contributed by atoms with E-state index in [2.05, 4.69) is 9.99 Å². The van der Waals surface area contributed by atoms with Gasteiger partial charge in [0.15, 0.2) is 6.29 Å². The highest BCUT2D eigenvalue weighted by atomic mass is 35.5. The summed E-state index contributed by atoms with van der Waals surface area (Å²) in [5, 5.41) is 3.21. The highest BCUT2D eigenvalue weighted by Crippen LogP contribution is 2.04. The van der Waals surface area contributed by atoms with Gasteiger partial charge in [0.2, 0.25) is 0 Å². The molecule has 0 radical (unpaired) electrons. The van der Waals surface area contributed by atoms with E-state index in [9.17, 15) is 4.79 Å². The number of halogens is 2. The molecule has 0 aromatic carbocycles. The van der Waals surface area contributed by atoms with Gasteiger partial charge >= 0.3 is 0 Å². The summed E-state index contributed by atoms with van der Waals surface area (Å²) in [7, 11) is 0. The molecule has 0 bridgehead atoms. The largest absolute Gasteiger partial charge is 0.391 e. The molecule has 0 aliphatic heterocycles. The summed E-state index contributed by atoms with van der Waals surface area (Å²) in [5.74, 6) is 0. The zero-order valence-corrected chi connectivity index (χ0v) is 6.47. The minimum absolute atomic E-state index is 0.112. The van der Waals surface area contributed by atoms with Gasteiger partial charge in [-0.25, -0.2) is 0 Å². The van der Waals surface area contributed by atoms with Crippen LogP contribution in [0.4, 0.5) is 0 Å². The standard InChI is InChI=1S/C5H5Cl2NO2/c6-5(7)1-4-10-8-2-3-9/h1-3H,4H2. The summed E-state index contributed by atoms with van der Waals surface area (Å²) in [6.45, 7) is 0.159. The number of rotatable bonds is 4. The second kappa shape index (κ2) is 6.58. The lowest BCUT2D eigenvalue weighted by Crippen LogP contribution is -1.83. The highest BCUT2D eigenvalue weighted by molar-refractivity contribution is 6.55. The van der Waals surface area contributed by atoms with E-state index in [1.54, 1.807) is 0 Å². The Bertz CT molecular complexity index is 152. The van der Waals surface area contributed by atoms with Crippen LogP contribution in [0.1, 0.15) is 0 Å². The van der Waals surface area contributed by atoms with Crippen LogP contribution in [0, 0.1) is 0 Å². The van der Waals surface area contributed by atoms with Gasteiger partial charge in [0, 0.05) is 0 Å². The van der Waals surface area contributed by atoms with Crippen LogP contribution in [-0.4, -0.2) is 19.1 Å². The van der Waals surface area contributed by atoms with Crippen molar-refractivity contribution < 1.29 is 9.63 Å². The van der Waals surface area contributed by atoms with Crippen LogP contribution in [0.5, 0.6) is 0 Å². The first kappa shape index (κ1) is 9.46. The van der Waals surface area contributed by atoms with Gasteiger partial charge in [0.05, 0.1) is 0 Å². The Morgan fingerprint density at radius 2 is 2.30 bits per heavy atom. The van der Waals surface area contributed by atoms with E-state index < -0.39 is 0 Å². The van der Waals surface area contributed by atoms with Gasteiger partial charge in [-0.2, -0.15) is 0 Å². The Kier molecular flexibility index (Phi) is 6.22. The molecule has 5 heteroatoms. The Morgan fingerprint density at radius 1 is 1.60 bits per heavy atom. The SMILES string of the molecule is O=CC=NOCC=C(Cl)Cl. The van der Waals surface area contributed by atoms with Crippen molar-refractivity contribution >= 4 is 35.7 Å². The van der Waals surface area contributed by atoms with Crippen molar-refractivity contribution in [2.45, 2.75) is 0 Å². The molecule has 0 spiro atoms. The monoisotopic (exact) mass is 181 g/mol. The molecule has 0 unspecified atom stereocenters. The molecule has 0 atom stereocenters. The maximum absolute atomic E-state index is 9.61. The molecule has 0 rings (SSSR count). The Balaban J connectivity index is 3.29. The molecule has 0 aliphatic rings. The highest BCUT2D eigenvalue weighted by Gasteiger charge is 1.81. The number of oxime groups is 1. The van der Waals surface area contributed by atoms with Crippen molar-refractivity contribution in [1.29, 1.82) is 0 Å². The molecule has 0 aliphatic carbocycles. The van der Waals surface area contributed by atoms with E-state index >= 15 is 0 Å². The lowest BCUT2D eigenvalue weighted by Gasteiger charge is -1.88. The van der Waals surface area contributed by atoms with Crippen molar-refractivity contribution in [3.05, 3.63) is 10.6 Å². The first-order valence-electron chi connectivity index (χ1n) is 2.37. The van der Waals surface area contributed by atoms with Crippen molar-refractivity contribution in [3.8, 4) is 0 Å². The van der Waals surface area contributed by atoms with Crippen molar-refractivity contribution in [1.82, 2.24) is 0 Å². The summed E-state index contributed by atoms with van der Waals surface area (Å²) in [6.07, 6.45) is 2.90. The molecule has 0 saturated heterocycles. The first-order chi connectivity index (χ1) is 4.77. The number of aldehydes is 1. The molecule has 3 nitrogen and oxygen atoms in total. The summed E-state index contributed by atoms with van der Waals surface area (Å²) in [5.41, 5.74) is 0. The fourth-order valence-corrected chi connectivity index (χ4v) is 0.337. The zero-order chi connectivity index (χ0) is 7.82.